The summed E-state index contributed by atoms with van der Waals surface area (Å²) in [5.41, 5.74) is 7.06. The molecule has 3 atom stereocenters. The van der Waals surface area contributed by atoms with Gasteiger partial charge in [-0.15, -0.1) is 0 Å². The Morgan fingerprint density at radius 1 is 1.27 bits per heavy atom. The summed E-state index contributed by atoms with van der Waals surface area (Å²) in [6.07, 6.45) is -0.209. The second-order valence-electron chi connectivity index (χ2n) is 9.15. The zero-order chi connectivity index (χ0) is 27.3. The van der Waals surface area contributed by atoms with Crippen molar-refractivity contribution < 1.29 is 32.6 Å². The van der Waals surface area contributed by atoms with E-state index in [4.69, 9.17) is 5.73 Å². The third kappa shape index (κ3) is 7.74. The molecular formula is C26H28F4IN3O3. The number of aliphatic hydroxyl groups excluding tert-OH is 2. The molecule has 0 unspecified atom stereocenters. The Bertz CT molecular complexity index is 1190. The van der Waals surface area contributed by atoms with E-state index in [0.29, 0.717) is 26.7 Å². The molecule has 0 radical (unpaired) electrons. The molecule has 0 aromatic heterocycles. The van der Waals surface area contributed by atoms with Crippen molar-refractivity contribution in [3.05, 3.63) is 80.1 Å². The summed E-state index contributed by atoms with van der Waals surface area (Å²) in [5, 5.41) is 21.6. The van der Waals surface area contributed by atoms with Crippen LogP contribution >= 0.6 is 22.6 Å². The number of nitrogens with one attached hydrogen (secondary N) is 1. The van der Waals surface area contributed by atoms with Gasteiger partial charge in [-0.3, -0.25) is 4.79 Å². The van der Waals surface area contributed by atoms with Crippen LogP contribution in [0.25, 0.3) is 0 Å². The van der Waals surface area contributed by atoms with E-state index in [1.54, 1.807) is 13.0 Å². The summed E-state index contributed by atoms with van der Waals surface area (Å²) in [7, 11) is 0. The number of aliphatic hydroxyl groups is 2. The number of amides is 1. The number of allylic oxidation sites excluding steroid dienone is 1. The van der Waals surface area contributed by atoms with Crippen molar-refractivity contribution >= 4 is 34.3 Å². The van der Waals surface area contributed by atoms with E-state index >= 15 is 0 Å². The van der Waals surface area contributed by atoms with E-state index in [1.165, 1.54) is 30.5 Å². The lowest BCUT2D eigenvalue weighted by Gasteiger charge is -2.33. The molecule has 1 aliphatic rings. The molecular weight excluding hydrogens is 605 g/mol. The second-order valence-corrected chi connectivity index (χ2v) is 10.4. The number of carbonyl (C=O) groups excluding carboxylic acids is 1. The number of nitrogens with zero attached hydrogens (tertiary/aromatic N) is 1. The highest BCUT2D eigenvalue weighted by atomic mass is 127. The Kier molecular flexibility index (Phi) is 9.70. The highest BCUT2D eigenvalue weighted by Gasteiger charge is 2.44. The van der Waals surface area contributed by atoms with Crippen molar-refractivity contribution in [2.45, 2.75) is 50.7 Å². The lowest BCUT2D eigenvalue weighted by atomic mass is 9.81. The Balaban J connectivity index is 1.65. The first-order chi connectivity index (χ1) is 17.4. The number of hydrogen-bond donors (Lipinski definition) is 4. The van der Waals surface area contributed by atoms with Gasteiger partial charge in [0.05, 0.1) is 18.2 Å². The van der Waals surface area contributed by atoms with Crippen molar-refractivity contribution in [1.29, 1.82) is 0 Å². The third-order valence-electron chi connectivity index (χ3n) is 6.31. The van der Waals surface area contributed by atoms with E-state index in [1.807, 2.05) is 22.6 Å². The molecule has 0 aliphatic heterocycles. The Hall–Kier alpha value is -2.51. The van der Waals surface area contributed by atoms with Crippen LogP contribution in [0.15, 0.2) is 53.2 Å². The van der Waals surface area contributed by atoms with E-state index in [9.17, 15) is 32.6 Å². The molecule has 1 aliphatic carbocycles. The SMILES string of the molecule is C/C(=C\N=C(\N)Cc1ccc(C(=O)N[C@H](CO)c2cc(F)cc(I)c2)c(F)c1)[C@@H]1CC[C@@H](O)C(F)(F)C1. The van der Waals surface area contributed by atoms with Crippen LogP contribution in [-0.4, -0.2) is 40.6 Å². The normalized spacial score (nSPS) is 21.0. The smallest absolute Gasteiger partial charge is 0.274 e. The van der Waals surface area contributed by atoms with Crippen LogP contribution < -0.4 is 11.1 Å². The fourth-order valence-electron chi connectivity index (χ4n) is 4.17. The van der Waals surface area contributed by atoms with Crippen molar-refractivity contribution in [3.63, 3.8) is 0 Å². The van der Waals surface area contributed by atoms with Gasteiger partial charge in [-0.25, -0.2) is 22.6 Å². The lowest BCUT2D eigenvalue weighted by Crippen LogP contribution is -2.40. The molecule has 2 aromatic rings. The zero-order valence-corrected chi connectivity index (χ0v) is 22.2. The van der Waals surface area contributed by atoms with Gasteiger partial charge in [0, 0.05) is 22.6 Å². The van der Waals surface area contributed by atoms with Crippen LogP contribution in [0.4, 0.5) is 17.6 Å². The standard InChI is InChI=1S/C26H28F4IN3O3/c1-14(16-3-5-23(36)26(29,30)11-16)12-33-24(32)7-15-2-4-20(21(28)6-15)25(37)34-22(13-35)17-8-18(27)10-19(31)9-17/h2,4,6,8-10,12,16,22-23,35-36H,3,5,7,11,13H2,1H3,(H2,32,33)(H,34,37)/b14-12+/t16-,22-,23-/m1/s1. The monoisotopic (exact) mass is 633 g/mol. The van der Waals surface area contributed by atoms with Crippen LogP contribution in [0.2, 0.25) is 0 Å². The van der Waals surface area contributed by atoms with Gasteiger partial charge in [0.25, 0.3) is 11.8 Å². The van der Waals surface area contributed by atoms with Gasteiger partial charge in [0.15, 0.2) is 0 Å². The molecule has 5 N–H and O–H groups in total. The molecule has 0 heterocycles. The summed E-state index contributed by atoms with van der Waals surface area (Å²) in [5.74, 6) is -5.57. The lowest BCUT2D eigenvalue weighted by molar-refractivity contribution is -0.140. The van der Waals surface area contributed by atoms with Gasteiger partial charge >= 0.3 is 0 Å². The predicted octanol–water partition coefficient (Wildman–Crippen LogP) is 4.63. The highest BCUT2D eigenvalue weighted by molar-refractivity contribution is 14.1. The van der Waals surface area contributed by atoms with E-state index in [-0.39, 0.29) is 24.2 Å². The van der Waals surface area contributed by atoms with Crippen molar-refractivity contribution in [3.8, 4) is 0 Å². The second kappa shape index (κ2) is 12.4. The van der Waals surface area contributed by atoms with Crippen molar-refractivity contribution in [2.75, 3.05) is 6.61 Å². The molecule has 1 amide bonds. The topological polar surface area (TPSA) is 108 Å². The molecule has 6 nitrogen and oxygen atoms in total. The van der Waals surface area contributed by atoms with E-state index in [0.717, 1.165) is 6.07 Å². The average molecular weight is 633 g/mol. The number of alkyl halides is 2. The first kappa shape index (κ1) is 29.1. The van der Waals surface area contributed by atoms with E-state index in [2.05, 4.69) is 10.3 Å². The first-order valence-corrected chi connectivity index (χ1v) is 12.7. The first-order valence-electron chi connectivity index (χ1n) is 11.6. The summed E-state index contributed by atoms with van der Waals surface area (Å²) in [4.78, 5) is 16.7. The summed E-state index contributed by atoms with van der Waals surface area (Å²) >= 11 is 1.91. The Morgan fingerprint density at radius 3 is 2.62 bits per heavy atom. The molecule has 0 spiro atoms. The molecule has 1 saturated carbocycles. The maximum absolute atomic E-state index is 14.7. The molecule has 1 fully saturated rings. The van der Waals surface area contributed by atoms with Crippen LogP contribution in [0.5, 0.6) is 0 Å². The van der Waals surface area contributed by atoms with E-state index < -0.39 is 54.6 Å². The number of carbonyl (C=O) groups is 1. The van der Waals surface area contributed by atoms with Gasteiger partial charge in [-0.2, -0.15) is 0 Å². The predicted molar refractivity (Wildman–Crippen MR) is 140 cm³/mol. The largest absolute Gasteiger partial charge is 0.394 e. The number of amidine groups is 1. The molecule has 0 saturated heterocycles. The molecule has 37 heavy (non-hydrogen) atoms. The van der Waals surface area contributed by atoms with Crippen LogP contribution in [-0.2, 0) is 6.42 Å². The maximum Gasteiger partial charge on any atom is 0.274 e. The van der Waals surface area contributed by atoms with Crippen LogP contribution in [0.3, 0.4) is 0 Å². The van der Waals surface area contributed by atoms with Crippen LogP contribution in [0.1, 0.15) is 53.7 Å². The Morgan fingerprint density at radius 2 is 2.00 bits per heavy atom. The summed E-state index contributed by atoms with van der Waals surface area (Å²) < 4.78 is 56.6. The van der Waals surface area contributed by atoms with Crippen molar-refractivity contribution in [1.82, 2.24) is 5.32 Å². The van der Waals surface area contributed by atoms with Gasteiger partial charge in [-0.05, 0) is 89.7 Å². The van der Waals surface area contributed by atoms with Crippen LogP contribution in [0, 0.1) is 21.1 Å². The molecule has 200 valence electrons. The van der Waals surface area contributed by atoms with Gasteiger partial charge in [-0.1, -0.05) is 11.6 Å². The number of rotatable bonds is 8. The number of benzene rings is 2. The van der Waals surface area contributed by atoms with Crippen molar-refractivity contribution in [2.24, 2.45) is 16.6 Å². The minimum atomic E-state index is -3.15. The quantitative estimate of drug-likeness (QED) is 0.147. The fraction of sp³-hybridized carbons (Fsp3) is 0.385. The zero-order valence-electron chi connectivity index (χ0n) is 20.0. The fourth-order valence-corrected chi connectivity index (χ4v) is 4.83. The molecule has 11 heteroatoms. The van der Waals surface area contributed by atoms with Gasteiger partial charge in [0.2, 0.25) is 0 Å². The highest BCUT2D eigenvalue weighted by Crippen LogP contribution is 2.39. The summed E-state index contributed by atoms with van der Waals surface area (Å²) in [6.45, 7) is 1.16. The number of halogens is 5. The number of nitrogens with two attached hydrogens (primary N) is 1. The molecule has 3 rings (SSSR count). The maximum atomic E-state index is 14.7. The Labute approximate surface area is 225 Å². The summed E-state index contributed by atoms with van der Waals surface area (Å²) in [6, 6.07) is 7.06. The molecule has 2 aromatic carbocycles. The average Bonchev–Trinajstić information content (AvgIpc) is 2.82. The third-order valence-corrected chi connectivity index (χ3v) is 6.93. The minimum absolute atomic E-state index is 0.00182. The van der Waals surface area contributed by atoms with Gasteiger partial charge < -0.3 is 21.3 Å². The number of aliphatic imine (C=N–C) groups is 1. The minimum Gasteiger partial charge on any atom is -0.394 e. The van der Waals surface area contributed by atoms with Gasteiger partial charge in [0.1, 0.15) is 23.6 Å². The number of hydrogen-bond acceptors (Lipinski definition) is 4. The molecule has 0 bridgehead atoms.